The number of hydrogen-bond donors (Lipinski definition) is 1. The Bertz CT molecular complexity index is 788. The van der Waals surface area contributed by atoms with Gasteiger partial charge in [-0.1, -0.05) is 38.1 Å². The normalized spacial score (nSPS) is 11.1. The second-order valence-electron chi connectivity index (χ2n) is 5.68. The molecule has 0 saturated carbocycles. The largest absolute Gasteiger partial charge is 0.375 e. The van der Waals surface area contributed by atoms with Crippen LogP contribution in [0.1, 0.15) is 31.0 Å². The Labute approximate surface area is 134 Å². The van der Waals surface area contributed by atoms with Gasteiger partial charge in [-0.25, -0.2) is 4.98 Å². The fraction of sp³-hybridized carbons (Fsp3) is 0.222. The molecule has 0 aliphatic rings. The Morgan fingerprint density at radius 1 is 0.955 bits per heavy atom. The third-order valence-corrected chi connectivity index (χ3v) is 4.43. The fourth-order valence-corrected chi connectivity index (χ4v) is 3.01. The highest BCUT2D eigenvalue weighted by molar-refractivity contribution is 7.13. The van der Waals surface area contributed by atoms with Gasteiger partial charge in [0.15, 0.2) is 5.13 Å². The van der Waals surface area contributed by atoms with Gasteiger partial charge < -0.3 is 5.73 Å². The summed E-state index contributed by atoms with van der Waals surface area (Å²) in [6, 6.07) is 12.7. The summed E-state index contributed by atoms with van der Waals surface area (Å²) in [5.41, 5.74) is 12.1. The van der Waals surface area contributed by atoms with Gasteiger partial charge >= 0.3 is 0 Å². The molecular formula is C18H19N3S. The Morgan fingerprint density at radius 2 is 1.68 bits per heavy atom. The molecule has 0 amide bonds. The minimum atomic E-state index is 0.543. The molecule has 0 fully saturated rings. The topological polar surface area (TPSA) is 51.8 Å². The van der Waals surface area contributed by atoms with Crippen molar-refractivity contribution < 1.29 is 0 Å². The van der Waals surface area contributed by atoms with Crippen molar-refractivity contribution in [1.29, 1.82) is 0 Å². The van der Waals surface area contributed by atoms with E-state index in [0.717, 1.165) is 28.2 Å². The smallest absolute Gasteiger partial charge is 0.180 e. The van der Waals surface area contributed by atoms with Gasteiger partial charge in [-0.3, -0.25) is 4.98 Å². The molecular weight excluding hydrogens is 290 g/mol. The number of nitrogens with zero attached hydrogens (tertiary/aromatic N) is 2. The van der Waals surface area contributed by atoms with Crippen LogP contribution in [-0.4, -0.2) is 9.97 Å². The van der Waals surface area contributed by atoms with E-state index in [2.05, 4.69) is 49.2 Å². The SMILES string of the molecule is Cc1nc(-c2ccc(C(C)C)cc2)ccc1-c1csc(N)n1. The molecule has 0 aliphatic carbocycles. The molecule has 3 aromatic rings. The van der Waals surface area contributed by atoms with Crippen LogP contribution in [-0.2, 0) is 0 Å². The molecule has 112 valence electrons. The van der Waals surface area contributed by atoms with Crippen molar-refractivity contribution in [2.75, 3.05) is 5.73 Å². The summed E-state index contributed by atoms with van der Waals surface area (Å²) in [4.78, 5) is 9.06. The zero-order valence-corrected chi connectivity index (χ0v) is 13.8. The molecule has 2 heterocycles. The van der Waals surface area contributed by atoms with E-state index in [-0.39, 0.29) is 0 Å². The predicted molar refractivity (Wildman–Crippen MR) is 94.0 cm³/mol. The van der Waals surface area contributed by atoms with Crippen molar-refractivity contribution in [3.05, 3.63) is 53.0 Å². The van der Waals surface area contributed by atoms with E-state index in [1.165, 1.54) is 16.9 Å². The zero-order chi connectivity index (χ0) is 15.7. The average Bonchev–Trinajstić information content (AvgIpc) is 2.93. The number of pyridine rings is 1. The van der Waals surface area contributed by atoms with Crippen molar-refractivity contribution in [3.63, 3.8) is 0 Å². The van der Waals surface area contributed by atoms with Crippen LogP contribution in [0, 0.1) is 6.92 Å². The second kappa shape index (κ2) is 5.89. The highest BCUT2D eigenvalue weighted by Gasteiger charge is 2.09. The molecule has 0 bridgehead atoms. The number of rotatable bonds is 3. The molecule has 3 nitrogen and oxygen atoms in total. The van der Waals surface area contributed by atoms with Crippen molar-refractivity contribution in [3.8, 4) is 22.5 Å². The Kier molecular flexibility index (Phi) is 3.94. The lowest BCUT2D eigenvalue weighted by Crippen LogP contribution is -1.93. The molecule has 0 atom stereocenters. The van der Waals surface area contributed by atoms with Gasteiger partial charge in [0, 0.05) is 22.2 Å². The van der Waals surface area contributed by atoms with Gasteiger partial charge in [-0.05, 0) is 30.5 Å². The number of anilines is 1. The highest BCUT2D eigenvalue weighted by Crippen LogP contribution is 2.28. The van der Waals surface area contributed by atoms with Gasteiger partial charge in [0.1, 0.15) is 0 Å². The first kappa shape index (κ1) is 14.7. The summed E-state index contributed by atoms with van der Waals surface area (Å²) in [6.45, 7) is 6.41. The molecule has 0 saturated heterocycles. The Hall–Kier alpha value is -2.20. The molecule has 2 aromatic heterocycles. The lowest BCUT2D eigenvalue weighted by atomic mass is 10.00. The Balaban J connectivity index is 1.94. The van der Waals surface area contributed by atoms with Crippen LogP contribution < -0.4 is 5.73 Å². The van der Waals surface area contributed by atoms with Crippen LogP contribution in [0.2, 0.25) is 0 Å². The summed E-state index contributed by atoms with van der Waals surface area (Å²) in [7, 11) is 0. The molecule has 0 unspecified atom stereocenters. The predicted octanol–water partition coefficient (Wildman–Crippen LogP) is 4.89. The van der Waals surface area contributed by atoms with Crippen molar-refractivity contribution >= 4 is 16.5 Å². The van der Waals surface area contributed by atoms with E-state index in [1.54, 1.807) is 0 Å². The average molecular weight is 309 g/mol. The maximum atomic E-state index is 5.71. The van der Waals surface area contributed by atoms with E-state index in [4.69, 9.17) is 10.7 Å². The summed E-state index contributed by atoms with van der Waals surface area (Å²) >= 11 is 1.45. The number of aryl methyl sites for hydroxylation is 1. The quantitative estimate of drug-likeness (QED) is 0.749. The molecule has 2 N–H and O–H groups in total. The maximum absolute atomic E-state index is 5.71. The minimum absolute atomic E-state index is 0.543. The van der Waals surface area contributed by atoms with E-state index < -0.39 is 0 Å². The van der Waals surface area contributed by atoms with Crippen LogP contribution in [0.4, 0.5) is 5.13 Å². The minimum Gasteiger partial charge on any atom is -0.375 e. The van der Waals surface area contributed by atoms with Gasteiger partial charge in [-0.2, -0.15) is 0 Å². The first-order valence-corrected chi connectivity index (χ1v) is 8.22. The van der Waals surface area contributed by atoms with Gasteiger partial charge in [0.05, 0.1) is 11.4 Å². The summed E-state index contributed by atoms with van der Waals surface area (Å²) in [5, 5.41) is 2.55. The molecule has 0 radical (unpaired) electrons. The molecule has 22 heavy (non-hydrogen) atoms. The van der Waals surface area contributed by atoms with Gasteiger partial charge in [0.2, 0.25) is 0 Å². The van der Waals surface area contributed by atoms with Gasteiger partial charge in [0.25, 0.3) is 0 Å². The van der Waals surface area contributed by atoms with E-state index in [1.807, 2.05) is 18.4 Å². The van der Waals surface area contributed by atoms with Crippen molar-refractivity contribution in [2.24, 2.45) is 0 Å². The maximum Gasteiger partial charge on any atom is 0.180 e. The third-order valence-electron chi connectivity index (χ3n) is 3.76. The number of thiazole rings is 1. The van der Waals surface area contributed by atoms with E-state index in [9.17, 15) is 0 Å². The highest BCUT2D eigenvalue weighted by atomic mass is 32.1. The van der Waals surface area contributed by atoms with E-state index >= 15 is 0 Å². The Morgan fingerprint density at radius 3 is 2.23 bits per heavy atom. The van der Waals surface area contributed by atoms with E-state index in [0.29, 0.717) is 11.0 Å². The molecule has 0 spiro atoms. The van der Waals surface area contributed by atoms with Crippen LogP contribution >= 0.6 is 11.3 Å². The lowest BCUT2D eigenvalue weighted by molar-refractivity contribution is 0.867. The number of benzene rings is 1. The summed E-state index contributed by atoms with van der Waals surface area (Å²) in [5.74, 6) is 0.543. The summed E-state index contributed by atoms with van der Waals surface area (Å²) < 4.78 is 0. The van der Waals surface area contributed by atoms with Crippen LogP contribution in [0.3, 0.4) is 0 Å². The molecule has 4 heteroatoms. The number of aromatic nitrogens is 2. The first-order valence-electron chi connectivity index (χ1n) is 7.34. The number of nitrogens with two attached hydrogens (primary N) is 1. The first-order chi connectivity index (χ1) is 10.5. The number of hydrogen-bond acceptors (Lipinski definition) is 4. The lowest BCUT2D eigenvalue weighted by Gasteiger charge is -2.09. The van der Waals surface area contributed by atoms with Gasteiger partial charge in [-0.15, -0.1) is 11.3 Å². The molecule has 3 rings (SSSR count). The van der Waals surface area contributed by atoms with Crippen LogP contribution in [0.25, 0.3) is 22.5 Å². The molecule has 1 aromatic carbocycles. The molecule has 0 aliphatic heterocycles. The zero-order valence-electron chi connectivity index (χ0n) is 13.0. The van der Waals surface area contributed by atoms with Crippen molar-refractivity contribution in [2.45, 2.75) is 26.7 Å². The van der Waals surface area contributed by atoms with Crippen LogP contribution in [0.5, 0.6) is 0 Å². The summed E-state index contributed by atoms with van der Waals surface area (Å²) in [6.07, 6.45) is 0. The van der Waals surface area contributed by atoms with Crippen molar-refractivity contribution in [1.82, 2.24) is 9.97 Å². The standard InChI is InChI=1S/C18H19N3S/c1-11(2)13-4-6-14(7-5-13)16-9-8-15(12(3)20-16)17-10-22-18(19)21-17/h4-11H,1-3H3,(H2,19,21). The number of nitrogen functional groups attached to an aromatic ring is 1. The fourth-order valence-electron chi connectivity index (χ4n) is 2.44. The third kappa shape index (κ3) is 2.88. The van der Waals surface area contributed by atoms with Crippen LogP contribution in [0.15, 0.2) is 41.8 Å². The monoisotopic (exact) mass is 309 g/mol. The second-order valence-corrected chi connectivity index (χ2v) is 6.57.